The lowest BCUT2D eigenvalue weighted by atomic mass is 10.0. The Balaban J connectivity index is 1.86. The summed E-state index contributed by atoms with van der Waals surface area (Å²) in [6.45, 7) is 0. The summed E-state index contributed by atoms with van der Waals surface area (Å²) in [5.74, 6) is 7.32. The lowest BCUT2D eigenvalue weighted by molar-refractivity contribution is 0.164. The molecular weight excluding hydrogens is 296 g/mol. The van der Waals surface area contributed by atoms with Crippen molar-refractivity contribution < 1.29 is 9.15 Å². The number of hydrazine groups is 1. The molecule has 0 spiro atoms. The van der Waals surface area contributed by atoms with Crippen molar-refractivity contribution in [3.8, 4) is 5.75 Å². The minimum atomic E-state index is -0.179. The molecule has 0 aliphatic carbocycles. The van der Waals surface area contributed by atoms with Crippen LogP contribution in [0.5, 0.6) is 5.75 Å². The Kier molecular flexibility index (Phi) is 3.11. The Bertz CT molecular complexity index is 530. The summed E-state index contributed by atoms with van der Waals surface area (Å²) in [7, 11) is 0. The molecule has 2 atom stereocenters. The maximum Gasteiger partial charge on any atom is 0.139 e. The van der Waals surface area contributed by atoms with E-state index in [4.69, 9.17) is 15.0 Å². The smallest absolute Gasteiger partial charge is 0.139 e. The van der Waals surface area contributed by atoms with E-state index in [0.29, 0.717) is 0 Å². The van der Waals surface area contributed by atoms with E-state index in [0.717, 1.165) is 22.4 Å². The van der Waals surface area contributed by atoms with Crippen molar-refractivity contribution in [2.24, 2.45) is 5.84 Å². The molecule has 0 amide bonds. The molecular formula is C13H13BrN2O2. The molecule has 2 aromatic rings. The standard InChI is InChI=1S/C13H13BrN2O2/c14-9-5-6-17-13(9)12(16-15)11-7-8-3-1-2-4-10(8)18-11/h1-6,11-12,16H,7,15H2. The van der Waals surface area contributed by atoms with Crippen molar-refractivity contribution in [3.05, 3.63) is 52.4 Å². The fourth-order valence-electron chi connectivity index (χ4n) is 2.27. The summed E-state index contributed by atoms with van der Waals surface area (Å²) >= 11 is 3.45. The lowest BCUT2D eigenvalue weighted by Crippen LogP contribution is -2.38. The zero-order chi connectivity index (χ0) is 12.5. The first-order valence-corrected chi connectivity index (χ1v) is 6.52. The summed E-state index contributed by atoms with van der Waals surface area (Å²) in [5.41, 5.74) is 3.97. The van der Waals surface area contributed by atoms with E-state index in [1.165, 1.54) is 5.56 Å². The Morgan fingerprint density at radius 2 is 2.17 bits per heavy atom. The molecule has 1 aromatic heterocycles. The number of nitrogens with two attached hydrogens (primary N) is 1. The minimum Gasteiger partial charge on any atom is -0.488 e. The van der Waals surface area contributed by atoms with Gasteiger partial charge in [0.2, 0.25) is 0 Å². The minimum absolute atomic E-state index is 0.0603. The van der Waals surface area contributed by atoms with Crippen molar-refractivity contribution >= 4 is 15.9 Å². The van der Waals surface area contributed by atoms with Crippen LogP contribution in [0.2, 0.25) is 0 Å². The number of nitrogens with one attached hydrogen (secondary N) is 1. The molecule has 94 valence electrons. The highest BCUT2D eigenvalue weighted by Gasteiger charge is 2.33. The number of ether oxygens (including phenoxy) is 1. The van der Waals surface area contributed by atoms with E-state index in [2.05, 4.69) is 27.4 Å². The van der Waals surface area contributed by atoms with Crippen LogP contribution >= 0.6 is 15.9 Å². The third-order valence-corrected chi connectivity index (χ3v) is 3.81. The van der Waals surface area contributed by atoms with Gasteiger partial charge in [0.05, 0.1) is 10.7 Å². The highest BCUT2D eigenvalue weighted by molar-refractivity contribution is 9.10. The zero-order valence-corrected chi connectivity index (χ0v) is 11.2. The molecule has 1 aromatic carbocycles. The second kappa shape index (κ2) is 4.76. The average Bonchev–Trinajstić information content (AvgIpc) is 2.97. The summed E-state index contributed by atoms with van der Waals surface area (Å²) in [4.78, 5) is 0. The number of furan rings is 1. The summed E-state index contributed by atoms with van der Waals surface area (Å²) in [5, 5.41) is 0. The molecule has 0 bridgehead atoms. The normalized spacial score (nSPS) is 19.3. The molecule has 0 saturated heterocycles. The van der Waals surface area contributed by atoms with Crippen LogP contribution in [0.25, 0.3) is 0 Å². The van der Waals surface area contributed by atoms with Crippen molar-refractivity contribution in [1.29, 1.82) is 0 Å². The Labute approximate surface area is 113 Å². The number of fused-ring (bicyclic) bond motifs is 1. The Morgan fingerprint density at radius 1 is 1.33 bits per heavy atom. The van der Waals surface area contributed by atoms with Gasteiger partial charge in [0.25, 0.3) is 0 Å². The number of rotatable bonds is 3. The molecule has 5 heteroatoms. The van der Waals surface area contributed by atoms with Crippen LogP contribution < -0.4 is 16.0 Å². The highest BCUT2D eigenvalue weighted by Crippen LogP contribution is 2.36. The van der Waals surface area contributed by atoms with E-state index in [-0.39, 0.29) is 12.1 Å². The van der Waals surface area contributed by atoms with Crippen LogP contribution in [-0.2, 0) is 6.42 Å². The number of halogens is 1. The predicted octanol–water partition coefficient (Wildman–Crippen LogP) is 2.55. The second-order valence-electron chi connectivity index (χ2n) is 4.25. The molecule has 1 aliphatic heterocycles. The van der Waals surface area contributed by atoms with Crippen molar-refractivity contribution in [3.63, 3.8) is 0 Å². The Morgan fingerprint density at radius 3 is 2.83 bits per heavy atom. The third kappa shape index (κ3) is 1.94. The molecule has 0 radical (unpaired) electrons. The van der Waals surface area contributed by atoms with Gasteiger partial charge in [-0.3, -0.25) is 5.84 Å². The van der Waals surface area contributed by atoms with Crippen LogP contribution in [0.4, 0.5) is 0 Å². The molecule has 18 heavy (non-hydrogen) atoms. The van der Waals surface area contributed by atoms with Crippen molar-refractivity contribution in [2.75, 3.05) is 0 Å². The number of hydrogen-bond donors (Lipinski definition) is 2. The monoisotopic (exact) mass is 308 g/mol. The molecule has 2 heterocycles. The molecule has 1 aliphatic rings. The largest absolute Gasteiger partial charge is 0.488 e. The van der Waals surface area contributed by atoms with Gasteiger partial charge in [-0.2, -0.15) is 0 Å². The van der Waals surface area contributed by atoms with Gasteiger partial charge in [-0.05, 0) is 33.6 Å². The first-order chi connectivity index (χ1) is 8.79. The van der Waals surface area contributed by atoms with Gasteiger partial charge < -0.3 is 9.15 Å². The van der Waals surface area contributed by atoms with Gasteiger partial charge in [0, 0.05) is 6.42 Å². The molecule has 0 saturated carbocycles. The van der Waals surface area contributed by atoms with Gasteiger partial charge >= 0.3 is 0 Å². The molecule has 4 nitrogen and oxygen atoms in total. The van der Waals surface area contributed by atoms with Crippen LogP contribution in [-0.4, -0.2) is 6.10 Å². The SMILES string of the molecule is NNC(c1occc1Br)C1Cc2ccccc2O1. The van der Waals surface area contributed by atoms with Gasteiger partial charge in [-0.25, -0.2) is 5.43 Å². The first-order valence-electron chi connectivity index (χ1n) is 5.73. The van der Waals surface area contributed by atoms with Crippen molar-refractivity contribution in [1.82, 2.24) is 5.43 Å². The summed E-state index contributed by atoms with van der Waals surface area (Å²) in [6.07, 6.45) is 2.39. The van der Waals surface area contributed by atoms with Gasteiger partial charge in [-0.15, -0.1) is 0 Å². The van der Waals surface area contributed by atoms with E-state index < -0.39 is 0 Å². The van der Waals surface area contributed by atoms with E-state index in [1.54, 1.807) is 6.26 Å². The van der Waals surface area contributed by atoms with Gasteiger partial charge in [-0.1, -0.05) is 18.2 Å². The number of para-hydroxylation sites is 1. The van der Waals surface area contributed by atoms with Crippen LogP contribution in [0.3, 0.4) is 0 Å². The maximum absolute atomic E-state index is 5.92. The lowest BCUT2D eigenvalue weighted by Gasteiger charge is -2.20. The summed E-state index contributed by atoms with van der Waals surface area (Å²) in [6, 6.07) is 9.69. The molecule has 3 rings (SSSR count). The van der Waals surface area contributed by atoms with Crippen molar-refractivity contribution in [2.45, 2.75) is 18.6 Å². The quantitative estimate of drug-likeness (QED) is 0.676. The van der Waals surface area contributed by atoms with E-state index in [1.807, 2.05) is 24.3 Å². The zero-order valence-electron chi connectivity index (χ0n) is 9.60. The van der Waals surface area contributed by atoms with Gasteiger partial charge in [0.15, 0.2) is 0 Å². The highest BCUT2D eigenvalue weighted by atomic mass is 79.9. The Hall–Kier alpha value is -1.30. The third-order valence-electron chi connectivity index (χ3n) is 3.15. The predicted molar refractivity (Wildman–Crippen MR) is 71.0 cm³/mol. The van der Waals surface area contributed by atoms with Gasteiger partial charge in [0.1, 0.15) is 23.7 Å². The molecule has 0 fully saturated rings. The summed E-state index contributed by atoms with van der Waals surface area (Å²) < 4.78 is 12.3. The molecule has 3 N–H and O–H groups in total. The van der Waals surface area contributed by atoms with E-state index in [9.17, 15) is 0 Å². The number of benzene rings is 1. The fraction of sp³-hybridized carbons (Fsp3) is 0.231. The van der Waals surface area contributed by atoms with Crippen LogP contribution in [0.1, 0.15) is 17.4 Å². The average molecular weight is 309 g/mol. The van der Waals surface area contributed by atoms with E-state index >= 15 is 0 Å². The number of hydrogen-bond acceptors (Lipinski definition) is 4. The molecule has 2 unspecified atom stereocenters. The maximum atomic E-state index is 5.92. The fourth-order valence-corrected chi connectivity index (χ4v) is 2.72. The second-order valence-corrected chi connectivity index (χ2v) is 5.10. The van der Waals surface area contributed by atoms with Crippen LogP contribution in [0, 0.1) is 0 Å². The van der Waals surface area contributed by atoms with Crippen LogP contribution in [0.15, 0.2) is 45.5 Å². The first kappa shape index (κ1) is 11.8. The topological polar surface area (TPSA) is 60.4 Å².